The van der Waals surface area contributed by atoms with Crippen LogP contribution >= 0.6 is 11.6 Å². The van der Waals surface area contributed by atoms with E-state index in [1.54, 1.807) is 6.07 Å². The number of nitrogens with one attached hydrogen (secondary N) is 1. The minimum absolute atomic E-state index is 0.0449. The summed E-state index contributed by atoms with van der Waals surface area (Å²) < 4.78 is 0. The van der Waals surface area contributed by atoms with Gasteiger partial charge >= 0.3 is 0 Å². The van der Waals surface area contributed by atoms with E-state index >= 15 is 0 Å². The van der Waals surface area contributed by atoms with Gasteiger partial charge in [-0.2, -0.15) is 0 Å². The Labute approximate surface area is 138 Å². The van der Waals surface area contributed by atoms with Crippen LogP contribution in [-0.2, 0) is 0 Å². The third-order valence-corrected chi connectivity index (χ3v) is 4.37. The molecular weight excluding hydrogens is 298 g/mol. The summed E-state index contributed by atoms with van der Waals surface area (Å²) in [6.45, 7) is 9.52. The molecule has 1 heterocycles. The fourth-order valence-corrected chi connectivity index (χ4v) is 2.98. The molecule has 1 saturated heterocycles. The Kier molecular flexibility index (Phi) is 6.24. The van der Waals surface area contributed by atoms with Crippen molar-refractivity contribution in [2.75, 3.05) is 39.8 Å². The number of aryl methyl sites for hydroxylation is 1. The quantitative estimate of drug-likeness (QED) is 0.904. The normalized spacial score (nSPS) is 18.2. The third kappa shape index (κ3) is 5.27. The standard InChI is InChI=1S/C17H26ClN3O/c1-13-10-15(12-16(18)11-13)17(22)19-14(2)4-5-21-8-6-20(3)7-9-21/h10-12,14H,4-9H2,1-3H3,(H,19,22)/t14-/m0/s1. The maximum Gasteiger partial charge on any atom is 0.251 e. The molecule has 0 bridgehead atoms. The molecule has 1 fully saturated rings. The van der Waals surface area contributed by atoms with Gasteiger partial charge in [-0.3, -0.25) is 4.79 Å². The van der Waals surface area contributed by atoms with Crippen LogP contribution in [0.2, 0.25) is 5.02 Å². The highest BCUT2D eigenvalue weighted by Gasteiger charge is 2.16. The van der Waals surface area contributed by atoms with Crippen molar-refractivity contribution in [2.24, 2.45) is 0 Å². The highest BCUT2D eigenvalue weighted by Crippen LogP contribution is 2.14. The van der Waals surface area contributed by atoms with Gasteiger partial charge in [0.1, 0.15) is 0 Å². The molecule has 122 valence electrons. The van der Waals surface area contributed by atoms with E-state index in [0.29, 0.717) is 10.6 Å². The number of carbonyl (C=O) groups excluding carboxylic acids is 1. The number of nitrogens with zero attached hydrogens (tertiary/aromatic N) is 2. The first kappa shape index (κ1) is 17.3. The summed E-state index contributed by atoms with van der Waals surface area (Å²) in [5, 5.41) is 3.67. The van der Waals surface area contributed by atoms with Gasteiger partial charge in [0.15, 0.2) is 0 Å². The van der Waals surface area contributed by atoms with Crippen LogP contribution in [-0.4, -0.2) is 61.5 Å². The zero-order valence-electron chi connectivity index (χ0n) is 13.7. The number of carbonyl (C=O) groups is 1. The number of hydrogen-bond donors (Lipinski definition) is 1. The van der Waals surface area contributed by atoms with Gasteiger partial charge in [0.05, 0.1) is 0 Å². The van der Waals surface area contributed by atoms with Gasteiger partial charge < -0.3 is 15.1 Å². The molecular formula is C17H26ClN3O. The lowest BCUT2D eigenvalue weighted by Gasteiger charge is -2.32. The van der Waals surface area contributed by atoms with Gasteiger partial charge in [-0.1, -0.05) is 11.6 Å². The Morgan fingerprint density at radius 3 is 2.59 bits per heavy atom. The van der Waals surface area contributed by atoms with E-state index in [1.165, 1.54) is 0 Å². The summed E-state index contributed by atoms with van der Waals surface area (Å²) in [4.78, 5) is 17.1. The number of likely N-dealkylation sites (N-methyl/N-ethyl adjacent to an activating group) is 1. The van der Waals surface area contributed by atoms with Crippen molar-refractivity contribution in [1.29, 1.82) is 0 Å². The summed E-state index contributed by atoms with van der Waals surface area (Å²) >= 11 is 6.01. The summed E-state index contributed by atoms with van der Waals surface area (Å²) in [7, 11) is 2.16. The number of piperazine rings is 1. The van der Waals surface area contributed by atoms with E-state index in [2.05, 4.69) is 29.1 Å². The molecule has 1 amide bonds. The summed E-state index contributed by atoms with van der Waals surface area (Å²) in [6, 6.07) is 5.60. The molecule has 1 aromatic rings. The average Bonchev–Trinajstić information content (AvgIpc) is 2.45. The molecule has 1 N–H and O–H groups in total. The van der Waals surface area contributed by atoms with Crippen molar-refractivity contribution in [2.45, 2.75) is 26.3 Å². The second-order valence-corrected chi connectivity index (χ2v) is 6.76. The molecule has 0 radical (unpaired) electrons. The van der Waals surface area contributed by atoms with E-state index in [-0.39, 0.29) is 11.9 Å². The largest absolute Gasteiger partial charge is 0.350 e. The van der Waals surface area contributed by atoms with Crippen LogP contribution in [0.3, 0.4) is 0 Å². The van der Waals surface area contributed by atoms with Crippen molar-refractivity contribution in [3.05, 3.63) is 34.3 Å². The second-order valence-electron chi connectivity index (χ2n) is 6.33. The number of benzene rings is 1. The Balaban J connectivity index is 1.78. The maximum absolute atomic E-state index is 12.3. The van der Waals surface area contributed by atoms with Crippen molar-refractivity contribution in [3.63, 3.8) is 0 Å². The van der Waals surface area contributed by atoms with Gasteiger partial charge in [-0.05, 0) is 51.1 Å². The third-order valence-electron chi connectivity index (χ3n) is 4.16. The Hall–Kier alpha value is -1.10. The molecule has 1 atom stereocenters. The fourth-order valence-electron chi connectivity index (χ4n) is 2.69. The smallest absolute Gasteiger partial charge is 0.251 e. The van der Waals surface area contributed by atoms with E-state index in [9.17, 15) is 4.79 Å². The molecule has 0 unspecified atom stereocenters. The van der Waals surface area contributed by atoms with Gasteiger partial charge in [0, 0.05) is 49.4 Å². The fraction of sp³-hybridized carbons (Fsp3) is 0.588. The maximum atomic E-state index is 12.3. The minimum Gasteiger partial charge on any atom is -0.350 e. The molecule has 0 aromatic heterocycles. The molecule has 2 rings (SSSR count). The lowest BCUT2D eigenvalue weighted by Crippen LogP contribution is -2.46. The van der Waals surface area contributed by atoms with Crippen LogP contribution in [0.5, 0.6) is 0 Å². The van der Waals surface area contributed by atoms with E-state index in [1.807, 2.05) is 19.1 Å². The van der Waals surface area contributed by atoms with Gasteiger partial charge in [-0.15, -0.1) is 0 Å². The van der Waals surface area contributed by atoms with Crippen molar-refractivity contribution in [3.8, 4) is 0 Å². The molecule has 5 heteroatoms. The molecule has 22 heavy (non-hydrogen) atoms. The van der Waals surface area contributed by atoms with Crippen molar-refractivity contribution < 1.29 is 4.79 Å². The molecule has 1 aliphatic rings. The van der Waals surface area contributed by atoms with Crippen molar-refractivity contribution >= 4 is 17.5 Å². The lowest BCUT2D eigenvalue weighted by molar-refractivity contribution is 0.0931. The predicted octanol–water partition coefficient (Wildman–Crippen LogP) is 2.40. The lowest BCUT2D eigenvalue weighted by atomic mass is 10.1. The Morgan fingerprint density at radius 1 is 1.27 bits per heavy atom. The minimum atomic E-state index is -0.0449. The number of halogens is 1. The van der Waals surface area contributed by atoms with Gasteiger partial charge in [0.25, 0.3) is 5.91 Å². The van der Waals surface area contributed by atoms with Crippen LogP contribution in [0.4, 0.5) is 0 Å². The summed E-state index contributed by atoms with van der Waals surface area (Å²) in [6.07, 6.45) is 0.967. The molecule has 0 saturated carbocycles. The van der Waals surface area contributed by atoms with Crippen LogP contribution < -0.4 is 5.32 Å². The van der Waals surface area contributed by atoms with E-state index in [4.69, 9.17) is 11.6 Å². The molecule has 1 aromatic carbocycles. The Bertz CT molecular complexity index is 492. The van der Waals surface area contributed by atoms with Crippen LogP contribution in [0, 0.1) is 6.92 Å². The van der Waals surface area contributed by atoms with Gasteiger partial charge in [0.2, 0.25) is 0 Å². The topological polar surface area (TPSA) is 35.6 Å². The summed E-state index contributed by atoms with van der Waals surface area (Å²) in [5.41, 5.74) is 1.64. The monoisotopic (exact) mass is 323 g/mol. The van der Waals surface area contributed by atoms with Gasteiger partial charge in [-0.25, -0.2) is 0 Å². The number of rotatable bonds is 5. The number of amides is 1. The first-order valence-electron chi connectivity index (χ1n) is 7.93. The van der Waals surface area contributed by atoms with E-state index in [0.717, 1.165) is 44.7 Å². The first-order chi connectivity index (χ1) is 10.4. The zero-order valence-corrected chi connectivity index (χ0v) is 14.5. The molecule has 4 nitrogen and oxygen atoms in total. The SMILES string of the molecule is Cc1cc(Cl)cc(C(=O)N[C@@H](C)CCN2CCN(C)CC2)c1. The Morgan fingerprint density at radius 2 is 1.95 bits per heavy atom. The summed E-state index contributed by atoms with van der Waals surface area (Å²) in [5.74, 6) is -0.0449. The molecule has 0 aliphatic carbocycles. The zero-order chi connectivity index (χ0) is 16.1. The first-order valence-corrected chi connectivity index (χ1v) is 8.31. The second kappa shape index (κ2) is 7.95. The molecule has 0 spiro atoms. The van der Waals surface area contributed by atoms with E-state index < -0.39 is 0 Å². The predicted molar refractivity (Wildman–Crippen MR) is 91.7 cm³/mol. The average molecular weight is 324 g/mol. The van der Waals surface area contributed by atoms with Crippen molar-refractivity contribution in [1.82, 2.24) is 15.1 Å². The number of hydrogen-bond acceptors (Lipinski definition) is 3. The van der Waals surface area contributed by atoms with Crippen LogP contribution in [0.25, 0.3) is 0 Å². The molecule has 1 aliphatic heterocycles. The highest BCUT2D eigenvalue weighted by atomic mass is 35.5. The highest BCUT2D eigenvalue weighted by molar-refractivity contribution is 6.31. The van der Waals surface area contributed by atoms with Crippen LogP contribution in [0.1, 0.15) is 29.3 Å². The van der Waals surface area contributed by atoms with Crippen LogP contribution in [0.15, 0.2) is 18.2 Å².